The van der Waals surface area contributed by atoms with E-state index in [-0.39, 0.29) is 34.5 Å². The van der Waals surface area contributed by atoms with Gasteiger partial charge in [0.1, 0.15) is 0 Å². The Morgan fingerprint density at radius 2 is 2.13 bits per heavy atom. The van der Waals surface area contributed by atoms with Crippen molar-refractivity contribution >= 4 is 23.7 Å². The highest BCUT2D eigenvalue weighted by Crippen LogP contribution is 2.42. The van der Waals surface area contributed by atoms with Gasteiger partial charge in [0.2, 0.25) is 6.79 Å². The lowest BCUT2D eigenvalue weighted by Crippen LogP contribution is -1.98. The molecule has 1 aromatic carbocycles. The normalized spacial score (nSPS) is 12.7. The van der Waals surface area contributed by atoms with Gasteiger partial charge in [0.25, 0.3) is 0 Å². The Labute approximate surface area is 90.7 Å². The highest BCUT2D eigenvalue weighted by atomic mass is 35.5. The second-order valence-corrected chi connectivity index (χ2v) is 3.47. The molecule has 0 saturated carbocycles. The molecule has 1 heterocycles. The van der Waals surface area contributed by atoms with Gasteiger partial charge in [0.15, 0.2) is 23.6 Å². The smallest absolute Gasteiger partial charge is 0.231 e. The van der Waals surface area contributed by atoms with Crippen molar-refractivity contribution in [3.8, 4) is 11.5 Å². The van der Waals surface area contributed by atoms with Crippen molar-refractivity contribution in [2.24, 2.45) is 0 Å². The summed E-state index contributed by atoms with van der Waals surface area (Å²) in [5.41, 5.74) is 0.548. The third-order valence-electron chi connectivity index (χ3n) is 2.10. The summed E-state index contributed by atoms with van der Waals surface area (Å²) in [6, 6.07) is 1.40. The van der Waals surface area contributed by atoms with E-state index in [9.17, 15) is 9.59 Å². The van der Waals surface area contributed by atoms with E-state index in [1.54, 1.807) is 0 Å². The van der Waals surface area contributed by atoms with E-state index in [4.69, 9.17) is 21.1 Å². The Morgan fingerprint density at radius 3 is 2.73 bits per heavy atom. The summed E-state index contributed by atoms with van der Waals surface area (Å²) in [5, 5.41) is 0.203. The molecule has 5 heteroatoms. The van der Waals surface area contributed by atoms with Gasteiger partial charge in [-0.25, -0.2) is 0 Å². The Morgan fingerprint density at radius 1 is 1.47 bits per heavy atom. The molecule has 1 aliphatic heterocycles. The minimum atomic E-state index is -0.223. The van der Waals surface area contributed by atoms with E-state index in [0.29, 0.717) is 12.0 Å². The number of halogens is 1. The molecule has 0 radical (unpaired) electrons. The monoisotopic (exact) mass is 226 g/mol. The van der Waals surface area contributed by atoms with Crippen molar-refractivity contribution in [2.75, 3.05) is 6.79 Å². The first-order valence-electron chi connectivity index (χ1n) is 4.23. The molecular weight excluding hydrogens is 220 g/mol. The van der Waals surface area contributed by atoms with Crippen molar-refractivity contribution in [3.63, 3.8) is 0 Å². The summed E-state index contributed by atoms with van der Waals surface area (Å²) in [5.74, 6) is 0.330. The highest BCUT2D eigenvalue weighted by Gasteiger charge is 2.26. The van der Waals surface area contributed by atoms with Crippen LogP contribution in [0.15, 0.2) is 6.07 Å². The Balaban J connectivity index is 2.74. The maximum Gasteiger partial charge on any atom is 0.231 e. The van der Waals surface area contributed by atoms with Crippen LogP contribution in [0.3, 0.4) is 0 Å². The van der Waals surface area contributed by atoms with Gasteiger partial charge in [0.05, 0.1) is 16.1 Å². The molecule has 0 saturated heterocycles. The zero-order valence-corrected chi connectivity index (χ0v) is 8.63. The summed E-state index contributed by atoms with van der Waals surface area (Å²) >= 11 is 5.87. The van der Waals surface area contributed by atoms with Gasteiger partial charge in [-0.05, 0) is 13.0 Å². The van der Waals surface area contributed by atoms with Crippen molar-refractivity contribution < 1.29 is 19.1 Å². The SMILES string of the molecule is CC(=O)c1c(Cl)cc(C=O)c2c1OCO2. The number of carbonyl (C=O) groups excluding carboxylic acids is 2. The predicted molar refractivity (Wildman–Crippen MR) is 53.0 cm³/mol. The van der Waals surface area contributed by atoms with Crippen LogP contribution in [0.1, 0.15) is 27.6 Å². The van der Waals surface area contributed by atoms with E-state index in [1.165, 1.54) is 13.0 Å². The second-order valence-electron chi connectivity index (χ2n) is 3.06. The Kier molecular flexibility index (Phi) is 2.36. The molecule has 15 heavy (non-hydrogen) atoms. The van der Waals surface area contributed by atoms with Crippen LogP contribution in [-0.4, -0.2) is 18.9 Å². The number of hydrogen-bond donors (Lipinski definition) is 0. The molecule has 0 N–H and O–H groups in total. The largest absolute Gasteiger partial charge is 0.453 e. The molecule has 0 aliphatic carbocycles. The number of fused-ring (bicyclic) bond motifs is 1. The molecule has 0 unspecified atom stereocenters. The topological polar surface area (TPSA) is 52.6 Å². The minimum absolute atomic E-state index is 0.00318. The van der Waals surface area contributed by atoms with Gasteiger partial charge >= 0.3 is 0 Å². The van der Waals surface area contributed by atoms with Gasteiger partial charge in [0, 0.05) is 0 Å². The fraction of sp³-hybridized carbons (Fsp3) is 0.200. The Hall–Kier alpha value is -1.55. The molecule has 4 nitrogen and oxygen atoms in total. The number of benzene rings is 1. The minimum Gasteiger partial charge on any atom is -0.453 e. The first kappa shape index (κ1) is 9.98. The summed E-state index contributed by atoms with van der Waals surface area (Å²) in [6.45, 7) is 1.38. The molecule has 0 fully saturated rings. The maximum absolute atomic E-state index is 11.3. The van der Waals surface area contributed by atoms with Crippen LogP contribution in [-0.2, 0) is 0 Å². The average Bonchev–Trinajstić information content (AvgIpc) is 2.63. The number of aldehydes is 1. The average molecular weight is 227 g/mol. The van der Waals surface area contributed by atoms with Gasteiger partial charge in [-0.1, -0.05) is 11.6 Å². The standard InChI is InChI=1S/C10H7ClO4/c1-5(13)8-7(11)2-6(3-12)9-10(8)15-4-14-9/h2-3H,4H2,1H3. The van der Waals surface area contributed by atoms with E-state index in [0.717, 1.165) is 0 Å². The van der Waals surface area contributed by atoms with E-state index < -0.39 is 0 Å². The molecule has 78 valence electrons. The zero-order chi connectivity index (χ0) is 11.0. The summed E-state index contributed by atoms with van der Waals surface area (Å²) in [7, 11) is 0. The van der Waals surface area contributed by atoms with Gasteiger partial charge in [-0.15, -0.1) is 0 Å². The molecule has 0 amide bonds. The summed E-state index contributed by atoms with van der Waals surface area (Å²) in [4.78, 5) is 22.0. The van der Waals surface area contributed by atoms with Crippen molar-refractivity contribution in [3.05, 3.63) is 22.2 Å². The van der Waals surface area contributed by atoms with Gasteiger partial charge < -0.3 is 9.47 Å². The lowest BCUT2D eigenvalue weighted by atomic mass is 10.1. The van der Waals surface area contributed by atoms with E-state index in [2.05, 4.69) is 0 Å². The predicted octanol–water partition coefficient (Wildman–Crippen LogP) is 2.08. The molecule has 0 atom stereocenters. The molecule has 0 spiro atoms. The summed E-state index contributed by atoms with van der Waals surface area (Å²) in [6.07, 6.45) is 0.614. The first-order valence-corrected chi connectivity index (χ1v) is 4.61. The number of carbonyl (C=O) groups is 2. The molecular formula is C10H7ClO4. The fourth-order valence-corrected chi connectivity index (χ4v) is 1.81. The lowest BCUT2D eigenvalue weighted by molar-refractivity contribution is 0.101. The number of hydrogen-bond acceptors (Lipinski definition) is 4. The second kappa shape index (κ2) is 3.55. The van der Waals surface area contributed by atoms with Crippen LogP contribution >= 0.6 is 11.6 Å². The van der Waals surface area contributed by atoms with Crippen molar-refractivity contribution in [1.82, 2.24) is 0 Å². The summed E-state index contributed by atoms with van der Waals surface area (Å²) < 4.78 is 10.2. The van der Waals surface area contributed by atoms with Crippen LogP contribution in [0.2, 0.25) is 5.02 Å². The third-order valence-corrected chi connectivity index (χ3v) is 2.40. The van der Waals surface area contributed by atoms with Crippen molar-refractivity contribution in [1.29, 1.82) is 0 Å². The van der Waals surface area contributed by atoms with E-state index in [1.807, 2.05) is 0 Å². The van der Waals surface area contributed by atoms with Gasteiger partial charge in [-0.3, -0.25) is 9.59 Å². The number of ether oxygens (including phenoxy) is 2. The van der Waals surface area contributed by atoms with Crippen LogP contribution in [0.4, 0.5) is 0 Å². The number of ketones is 1. The molecule has 1 aromatic rings. The van der Waals surface area contributed by atoms with Gasteiger partial charge in [-0.2, -0.15) is 0 Å². The lowest BCUT2D eigenvalue weighted by Gasteiger charge is -2.06. The molecule has 0 bridgehead atoms. The molecule has 0 aromatic heterocycles. The highest BCUT2D eigenvalue weighted by molar-refractivity contribution is 6.34. The quantitative estimate of drug-likeness (QED) is 0.572. The maximum atomic E-state index is 11.3. The van der Waals surface area contributed by atoms with Crippen LogP contribution in [0.5, 0.6) is 11.5 Å². The van der Waals surface area contributed by atoms with E-state index >= 15 is 0 Å². The van der Waals surface area contributed by atoms with Crippen molar-refractivity contribution in [2.45, 2.75) is 6.92 Å². The molecule has 1 aliphatic rings. The molecule has 2 rings (SSSR count). The first-order chi connectivity index (χ1) is 7.15. The zero-order valence-electron chi connectivity index (χ0n) is 7.87. The van der Waals surface area contributed by atoms with Crippen LogP contribution in [0.25, 0.3) is 0 Å². The van der Waals surface area contributed by atoms with Crippen LogP contribution < -0.4 is 9.47 Å². The van der Waals surface area contributed by atoms with Crippen LogP contribution in [0, 0.1) is 0 Å². The number of Topliss-reactive ketones (excluding diaryl/α,β-unsaturated/α-hetero) is 1. The number of rotatable bonds is 2. The third kappa shape index (κ3) is 1.47. The fourth-order valence-electron chi connectivity index (χ4n) is 1.48. The Bertz CT molecular complexity index is 453.